The summed E-state index contributed by atoms with van der Waals surface area (Å²) in [6.07, 6.45) is 3.02. The third-order valence-electron chi connectivity index (χ3n) is 1.90. The Labute approximate surface area is 78.8 Å². The van der Waals surface area contributed by atoms with Gasteiger partial charge in [-0.1, -0.05) is 30.3 Å². The van der Waals surface area contributed by atoms with Crippen molar-refractivity contribution < 1.29 is 9.13 Å². The molecule has 0 aliphatic rings. The zero-order valence-corrected chi connectivity index (χ0v) is 8.37. The molecule has 3 heteroatoms. The van der Waals surface area contributed by atoms with Gasteiger partial charge in [-0.05, 0) is 24.8 Å². The Balaban J connectivity index is 2.20. The first-order chi connectivity index (χ1) is 6.29. The smallest absolute Gasteiger partial charge is 0.237 e. The summed E-state index contributed by atoms with van der Waals surface area (Å²) < 4.78 is 20.5. The molecule has 0 radical (unpaired) electrons. The summed E-state index contributed by atoms with van der Waals surface area (Å²) in [5, 5.41) is 0. The van der Waals surface area contributed by atoms with Gasteiger partial charge in [-0.2, -0.15) is 0 Å². The summed E-state index contributed by atoms with van der Waals surface area (Å²) in [7, 11) is -2.18. The Morgan fingerprint density at radius 2 is 1.69 bits per heavy atom. The Hall–Kier alpha value is -0.880. The number of hydrogen-bond acceptors (Lipinski definition) is 2. The van der Waals surface area contributed by atoms with E-state index in [0.29, 0.717) is 6.16 Å². The highest BCUT2D eigenvalue weighted by molar-refractivity contribution is 7.30. The second-order valence-electron chi connectivity index (χ2n) is 3.00. The van der Waals surface area contributed by atoms with Crippen molar-refractivity contribution in [3.8, 4) is 0 Å². The summed E-state index contributed by atoms with van der Waals surface area (Å²) in [6, 6.07) is 10.1. The first kappa shape index (κ1) is 10.2. The SMILES string of the molecule is O=P(=O)CCCCc1ccccc1. The second kappa shape index (κ2) is 5.71. The Morgan fingerprint density at radius 3 is 2.31 bits per heavy atom. The molecule has 0 saturated heterocycles. The van der Waals surface area contributed by atoms with Gasteiger partial charge in [0.1, 0.15) is 0 Å². The van der Waals surface area contributed by atoms with E-state index >= 15 is 0 Å². The van der Waals surface area contributed by atoms with Crippen LogP contribution >= 0.6 is 7.68 Å². The molecule has 0 heterocycles. The largest absolute Gasteiger partial charge is 0.315 e. The lowest BCUT2D eigenvalue weighted by Gasteiger charge is -1.97. The van der Waals surface area contributed by atoms with Crippen LogP contribution in [0.1, 0.15) is 18.4 Å². The summed E-state index contributed by atoms with van der Waals surface area (Å²) in [5.74, 6) is 0. The molecule has 0 atom stereocenters. The van der Waals surface area contributed by atoms with E-state index in [9.17, 15) is 9.13 Å². The molecule has 2 nitrogen and oxygen atoms in total. The molecule has 1 aromatic rings. The van der Waals surface area contributed by atoms with Crippen molar-refractivity contribution in [2.45, 2.75) is 19.3 Å². The number of hydrogen-bond donors (Lipinski definition) is 0. The van der Waals surface area contributed by atoms with Crippen molar-refractivity contribution >= 4 is 7.68 Å². The van der Waals surface area contributed by atoms with Crippen LogP contribution in [-0.2, 0) is 15.6 Å². The maximum atomic E-state index is 10.2. The minimum absolute atomic E-state index is 0.322. The number of unbranched alkanes of at least 4 members (excludes halogenated alkanes) is 1. The van der Waals surface area contributed by atoms with E-state index in [2.05, 4.69) is 12.1 Å². The molecule has 0 saturated carbocycles. The highest BCUT2D eigenvalue weighted by Crippen LogP contribution is 2.10. The lowest BCUT2D eigenvalue weighted by molar-refractivity contribution is 0.513. The maximum Gasteiger partial charge on any atom is 0.315 e. The standard InChI is InChI=1S/C10H13O2P/c11-13(12)9-5-4-8-10-6-2-1-3-7-10/h1-3,6-7H,4-5,8-9H2. The van der Waals surface area contributed by atoms with Crippen LogP contribution in [0.15, 0.2) is 30.3 Å². The molecule has 0 amide bonds. The molecule has 0 N–H and O–H groups in total. The topological polar surface area (TPSA) is 34.1 Å². The van der Waals surface area contributed by atoms with Crippen LogP contribution in [0.25, 0.3) is 0 Å². The van der Waals surface area contributed by atoms with Gasteiger partial charge >= 0.3 is 7.68 Å². The van der Waals surface area contributed by atoms with E-state index in [0.717, 1.165) is 19.3 Å². The molecule has 0 bridgehead atoms. The van der Waals surface area contributed by atoms with Crippen LogP contribution in [0.3, 0.4) is 0 Å². The average Bonchev–Trinajstić information content (AvgIpc) is 2.14. The van der Waals surface area contributed by atoms with Crippen molar-refractivity contribution in [2.75, 3.05) is 6.16 Å². The van der Waals surface area contributed by atoms with Gasteiger partial charge in [0, 0.05) is 0 Å². The summed E-state index contributed by atoms with van der Waals surface area (Å²) in [4.78, 5) is 0. The highest BCUT2D eigenvalue weighted by atomic mass is 31.1. The van der Waals surface area contributed by atoms with Crippen molar-refractivity contribution in [1.82, 2.24) is 0 Å². The predicted molar refractivity (Wildman–Crippen MR) is 52.5 cm³/mol. The summed E-state index contributed by atoms with van der Waals surface area (Å²) in [5.41, 5.74) is 1.28. The van der Waals surface area contributed by atoms with Crippen LogP contribution in [0, 0.1) is 0 Å². The molecule has 0 fully saturated rings. The number of rotatable bonds is 5. The molecule has 0 aromatic heterocycles. The summed E-state index contributed by atoms with van der Waals surface area (Å²) in [6.45, 7) is 0. The predicted octanol–water partition coefficient (Wildman–Crippen LogP) is 3.18. The molecular formula is C10H13O2P. The van der Waals surface area contributed by atoms with Crippen LogP contribution in [0.4, 0.5) is 0 Å². The normalized spacial score (nSPS) is 9.85. The van der Waals surface area contributed by atoms with Crippen molar-refractivity contribution in [3.63, 3.8) is 0 Å². The minimum atomic E-state index is -2.18. The first-order valence-corrected chi connectivity index (χ1v) is 5.81. The van der Waals surface area contributed by atoms with Gasteiger partial charge in [-0.25, -0.2) is 9.13 Å². The number of aryl methyl sites for hydroxylation is 1. The fourth-order valence-corrected chi connectivity index (χ4v) is 1.70. The van der Waals surface area contributed by atoms with Crippen LogP contribution in [0.5, 0.6) is 0 Å². The molecule has 0 aliphatic heterocycles. The monoisotopic (exact) mass is 196 g/mol. The van der Waals surface area contributed by atoms with Gasteiger partial charge in [-0.15, -0.1) is 0 Å². The molecular weight excluding hydrogens is 183 g/mol. The minimum Gasteiger partial charge on any atom is -0.237 e. The Morgan fingerprint density at radius 1 is 1.00 bits per heavy atom. The average molecular weight is 196 g/mol. The molecule has 0 unspecified atom stereocenters. The van der Waals surface area contributed by atoms with Gasteiger partial charge in [0.05, 0.1) is 6.16 Å². The molecule has 1 rings (SSSR count). The van der Waals surface area contributed by atoms with Crippen molar-refractivity contribution in [2.24, 2.45) is 0 Å². The fraction of sp³-hybridized carbons (Fsp3) is 0.400. The van der Waals surface area contributed by atoms with Crippen LogP contribution < -0.4 is 0 Å². The lowest BCUT2D eigenvalue weighted by Crippen LogP contribution is -1.85. The quantitative estimate of drug-likeness (QED) is 0.535. The van der Waals surface area contributed by atoms with Crippen LogP contribution in [0.2, 0.25) is 0 Å². The van der Waals surface area contributed by atoms with Gasteiger partial charge in [0.15, 0.2) is 0 Å². The van der Waals surface area contributed by atoms with Gasteiger partial charge in [-0.3, -0.25) is 0 Å². The van der Waals surface area contributed by atoms with E-state index in [-0.39, 0.29) is 0 Å². The third-order valence-corrected chi connectivity index (χ3v) is 2.58. The van der Waals surface area contributed by atoms with Crippen molar-refractivity contribution in [3.05, 3.63) is 35.9 Å². The fourth-order valence-electron chi connectivity index (χ4n) is 1.21. The zero-order chi connectivity index (χ0) is 9.52. The van der Waals surface area contributed by atoms with E-state index in [1.54, 1.807) is 0 Å². The Bertz CT molecular complexity index is 296. The highest BCUT2D eigenvalue weighted by Gasteiger charge is 1.94. The molecule has 70 valence electrons. The van der Waals surface area contributed by atoms with Crippen molar-refractivity contribution in [1.29, 1.82) is 0 Å². The zero-order valence-electron chi connectivity index (χ0n) is 7.48. The third kappa shape index (κ3) is 4.64. The molecule has 1 aromatic carbocycles. The molecule has 13 heavy (non-hydrogen) atoms. The van der Waals surface area contributed by atoms with Gasteiger partial charge in [0.2, 0.25) is 0 Å². The Kier molecular flexibility index (Phi) is 4.48. The second-order valence-corrected chi connectivity index (χ2v) is 4.11. The number of benzene rings is 1. The van der Waals surface area contributed by atoms with Gasteiger partial charge < -0.3 is 0 Å². The van der Waals surface area contributed by atoms with E-state index in [1.165, 1.54) is 5.56 Å². The van der Waals surface area contributed by atoms with E-state index in [1.807, 2.05) is 18.2 Å². The maximum absolute atomic E-state index is 10.2. The van der Waals surface area contributed by atoms with Crippen LogP contribution in [-0.4, -0.2) is 6.16 Å². The summed E-state index contributed by atoms with van der Waals surface area (Å²) >= 11 is 0. The molecule has 0 aliphatic carbocycles. The molecule has 0 spiro atoms. The van der Waals surface area contributed by atoms with Gasteiger partial charge in [0.25, 0.3) is 0 Å². The first-order valence-electron chi connectivity index (χ1n) is 4.45. The van der Waals surface area contributed by atoms with E-state index in [4.69, 9.17) is 0 Å². The van der Waals surface area contributed by atoms with E-state index < -0.39 is 7.68 Å². The lowest BCUT2D eigenvalue weighted by atomic mass is 10.1.